The molecule has 2 aliphatic carbocycles. The molecule has 0 saturated carbocycles. The van der Waals surface area contributed by atoms with Gasteiger partial charge in [-0.15, -0.1) is 0 Å². The van der Waals surface area contributed by atoms with E-state index in [0.717, 1.165) is 17.1 Å². The minimum absolute atomic E-state index is 0.409. The lowest BCUT2D eigenvalue weighted by atomic mass is 9.69. The summed E-state index contributed by atoms with van der Waals surface area (Å²) >= 11 is 0. The molecule has 46 heavy (non-hydrogen) atoms. The third kappa shape index (κ3) is 2.91. The van der Waals surface area contributed by atoms with Crippen LogP contribution in [0.25, 0.3) is 66.1 Å². The Bertz CT molecular complexity index is 2580. The zero-order valence-electron chi connectivity index (χ0n) is 24.9. The van der Waals surface area contributed by atoms with Gasteiger partial charge in [0, 0.05) is 10.9 Å². The van der Waals surface area contributed by atoms with Gasteiger partial charge in [0.25, 0.3) is 0 Å². The Morgan fingerprint density at radius 2 is 1.02 bits per heavy atom. The summed E-state index contributed by atoms with van der Waals surface area (Å²) in [6, 6.07) is 58.4. The van der Waals surface area contributed by atoms with Crippen molar-refractivity contribution in [1.29, 1.82) is 0 Å². The van der Waals surface area contributed by atoms with Crippen molar-refractivity contribution in [3.63, 3.8) is 0 Å². The fourth-order valence-electron chi connectivity index (χ4n) is 8.85. The number of benzene rings is 8. The Morgan fingerprint density at radius 3 is 1.87 bits per heavy atom. The van der Waals surface area contributed by atoms with Crippen LogP contribution in [0.15, 0.2) is 158 Å². The SMILES string of the molecule is c1ccc2c(c1)Oc1cccc3cc(-c4ccc5c(c4)C4(c6ccccc6-c6ccccc64)c4c-5ccc5ccccc45)cc-2c13. The normalized spacial score (nSPS) is 14.0. The molecule has 0 atom stereocenters. The number of rotatable bonds is 1. The van der Waals surface area contributed by atoms with Gasteiger partial charge in [0.1, 0.15) is 11.5 Å². The molecule has 0 N–H and O–H groups in total. The molecule has 8 aromatic carbocycles. The smallest absolute Gasteiger partial charge is 0.135 e. The fraction of sp³-hybridized carbons (Fsp3) is 0.0222. The lowest BCUT2D eigenvalue weighted by Gasteiger charge is -2.31. The third-order valence-corrected chi connectivity index (χ3v) is 10.6. The van der Waals surface area contributed by atoms with Crippen molar-refractivity contribution in [2.24, 2.45) is 0 Å². The van der Waals surface area contributed by atoms with Crippen LogP contribution in [-0.2, 0) is 5.41 Å². The molecule has 0 amide bonds. The number of ether oxygens (including phenoxy) is 1. The molecular formula is C45H26O. The zero-order valence-corrected chi connectivity index (χ0v) is 24.9. The van der Waals surface area contributed by atoms with E-state index in [4.69, 9.17) is 4.74 Å². The van der Waals surface area contributed by atoms with Gasteiger partial charge in [0.05, 0.1) is 5.41 Å². The van der Waals surface area contributed by atoms with Crippen LogP contribution in [0.4, 0.5) is 0 Å². The van der Waals surface area contributed by atoms with E-state index < -0.39 is 5.41 Å². The summed E-state index contributed by atoms with van der Waals surface area (Å²) in [5.41, 5.74) is 15.2. The van der Waals surface area contributed by atoms with E-state index in [1.54, 1.807) is 0 Å². The molecule has 0 unspecified atom stereocenters. The molecule has 0 bridgehead atoms. The molecule has 8 aromatic rings. The highest BCUT2D eigenvalue weighted by Gasteiger charge is 2.52. The van der Waals surface area contributed by atoms with Gasteiger partial charge in [0.2, 0.25) is 0 Å². The van der Waals surface area contributed by atoms with Crippen LogP contribution in [0, 0.1) is 0 Å². The van der Waals surface area contributed by atoms with Gasteiger partial charge in [-0.2, -0.15) is 0 Å². The summed E-state index contributed by atoms with van der Waals surface area (Å²) in [6.07, 6.45) is 0. The Balaban J connectivity index is 1.24. The highest BCUT2D eigenvalue weighted by atomic mass is 16.5. The third-order valence-electron chi connectivity index (χ3n) is 10.6. The van der Waals surface area contributed by atoms with E-state index in [9.17, 15) is 0 Å². The van der Waals surface area contributed by atoms with Crippen LogP contribution in [0.3, 0.4) is 0 Å². The number of para-hydroxylation sites is 1. The first-order chi connectivity index (χ1) is 22.8. The molecule has 1 heteroatoms. The Hall–Kier alpha value is -5.92. The highest BCUT2D eigenvalue weighted by molar-refractivity contribution is 6.07. The molecule has 1 nitrogen and oxygen atoms in total. The van der Waals surface area contributed by atoms with Crippen LogP contribution in [0.1, 0.15) is 22.3 Å². The summed E-state index contributed by atoms with van der Waals surface area (Å²) in [6.45, 7) is 0. The first kappa shape index (κ1) is 24.4. The van der Waals surface area contributed by atoms with Gasteiger partial charge in [-0.25, -0.2) is 0 Å². The zero-order chi connectivity index (χ0) is 30.0. The maximum absolute atomic E-state index is 6.36. The first-order valence-corrected chi connectivity index (χ1v) is 16.0. The van der Waals surface area contributed by atoms with Gasteiger partial charge in [0.15, 0.2) is 0 Å². The maximum Gasteiger partial charge on any atom is 0.135 e. The van der Waals surface area contributed by atoms with Crippen molar-refractivity contribution in [2.75, 3.05) is 0 Å². The summed E-state index contributed by atoms with van der Waals surface area (Å²) < 4.78 is 6.36. The molecule has 0 radical (unpaired) electrons. The average molecular weight is 583 g/mol. The summed E-state index contributed by atoms with van der Waals surface area (Å²) in [5.74, 6) is 1.83. The van der Waals surface area contributed by atoms with Crippen molar-refractivity contribution >= 4 is 21.5 Å². The van der Waals surface area contributed by atoms with E-state index in [-0.39, 0.29) is 0 Å². The Kier molecular flexibility index (Phi) is 4.57. The molecule has 1 aliphatic heterocycles. The fourth-order valence-corrected chi connectivity index (χ4v) is 8.85. The van der Waals surface area contributed by atoms with Gasteiger partial charge in [-0.1, -0.05) is 127 Å². The van der Waals surface area contributed by atoms with Crippen LogP contribution in [0.5, 0.6) is 11.5 Å². The molecule has 1 heterocycles. The molecule has 212 valence electrons. The minimum atomic E-state index is -0.409. The van der Waals surface area contributed by atoms with Crippen molar-refractivity contribution in [1.82, 2.24) is 0 Å². The van der Waals surface area contributed by atoms with Gasteiger partial charge < -0.3 is 4.74 Å². The predicted octanol–water partition coefficient (Wildman–Crippen LogP) is 11.8. The number of hydrogen-bond acceptors (Lipinski definition) is 1. The van der Waals surface area contributed by atoms with Crippen LogP contribution < -0.4 is 4.74 Å². The molecule has 0 saturated heterocycles. The van der Waals surface area contributed by atoms with Crippen molar-refractivity contribution < 1.29 is 4.74 Å². The van der Waals surface area contributed by atoms with Gasteiger partial charge >= 0.3 is 0 Å². The van der Waals surface area contributed by atoms with Gasteiger partial charge in [-0.3, -0.25) is 0 Å². The molecular weight excluding hydrogens is 556 g/mol. The number of hydrogen-bond donors (Lipinski definition) is 0. The lowest BCUT2D eigenvalue weighted by Crippen LogP contribution is -2.26. The van der Waals surface area contributed by atoms with E-state index in [1.807, 2.05) is 6.07 Å². The predicted molar refractivity (Wildman–Crippen MR) is 189 cm³/mol. The summed E-state index contributed by atoms with van der Waals surface area (Å²) in [4.78, 5) is 0. The quantitative estimate of drug-likeness (QED) is 0.187. The van der Waals surface area contributed by atoms with E-state index >= 15 is 0 Å². The van der Waals surface area contributed by atoms with E-state index in [0.29, 0.717) is 0 Å². The van der Waals surface area contributed by atoms with Crippen molar-refractivity contribution in [3.05, 3.63) is 180 Å². The maximum atomic E-state index is 6.36. The van der Waals surface area contributed by atoms with Crippen molar-refractivity contribution in [2.45, 2.75) is 5.41 Å². The average Bonchev–Trinajstić information content (AvgIpc) is 3.59. The number of fused-ring (bicyclic) bond motifs is 14. The summed E-state index contributed by atoms with van der Waals surface area (Å²) in [5, 5.41) is 4.98. The minimum Gasteiger partial charge on any atom is -0.456 e. The second kappa shape index (κ2) is 8.62. The summed E-state index contributed by atoms with van der Waals surface area (Å²) in [7, 11) is 0. The first-order valence-electron chi connectivity index (χ1n) is 16.0. The Morgan fingerprint density at radius 1 is 0.370 bits per heavy atom. The van der Waals surface area contributed by atoms with Gasteiger partial charge in [-0.05, 0) is 108 Å². The van der Waals surface area contributed by atoms with Crippen LogP contribution in [-0.4, -0.2) is 0 Å². The van der Waals surface area contributed by atoms with E-state index in [1.165, 1.54) is 82.7 Å². The highest BCUT2D eigenvalue weighted by Crippen LogP contribution is 2.64. The standard InChI is InChI=1S/C45H26O/c1-2-12-31-27(10-1)20-23-36-34-22-21-28(30-24-29-11-9-19-42-43(29)37(25-30)35-15-5-8-18-41(35)46-42)26-40(34)45(44(31)36)38-16-6-3-13-32(38)33-14-4-7-17-39(33)45/h1-26H. The largest absolute Gasteiger partial charge is 0.456 e. The second-order valence-electron chi connectivity index (χ2n) is 12.8. The monoisotopic (exact) mass is 582 g/mol. The molecule has 0 aromatic heterocycles. The van der Waals surface area contributed by atoms with Crippen LogP contribution >= 0.6 is 0 Å². The Labute approximate surface area is 267 Å². The molecule has 11 rings (SSSR count). The molecule has 0 fully saturated rings. The van der Waals surface area contributed by atoms with Crippen molar-refractivity contribution in [3.8, 4) is 56.0 Å². The lowest BCUT2D eigenvalue weighted by molar-refractivity contribution is 0.487. The molecule has 1 spiro atoms. The second-order valence-corrected chi connectivity index (χ2v) is 12.8. The topological polar surface area (TPSA) is 9.23 Å². The van der Waals surface area contributed by atoms with E-state index in [2.05, 4.69) is 152 Å². The molecule has 3 aliphatic rings. The van der Waals surface area contributed by atoms with Crippen LogP contribution in [0.2, 0.25) is 0 Å².